The van der Waals surface area contributed by atoms with E-state index in [2.05, 4.69) is 6.58 Å². The van der Waals surface area contributed by atoms with Crippen LogP contribution in [0, 0.1) is 17.3 Å². The van der Waals surface area contributed by atoms with Crippen LogP contribution in [0.2, 0.25) is 0 Å². The van der Waals surface area contributed by atoms with Crippen LogP contribution in [0.1, 0.15) is 13.8 Å². The number of hydrogen-bond acceptors (Lipinski definition) is 2. The highest BCUT2D eigenvalue weighted by Crippen LogP contribution is 2.60. The molecule has 92 valence electrons. The minimum atomic E-state index is -2.55. The summed E-state index contributed by atoms with van der Waals surface area (Å²) in [7, 11) is 0. The van der Waals surface area contributed by atoms with Crippen LogP contribution in [-0.4, -0.2) is 30.2 Å². The van der Waals surface area contributed by atoms with Crippen molar-refractivity contribution in [3.8, 4) is 0 Å². The van der Waals surface area contributed by atoms with Gasteiger partial charge in [-0.15, -0.1) is 6.58 Å². The van der Waals surface area contributed by atoms with Crippen molar-refractivity contribution in [3.63, 3.8) is 0 Å². The second-order valence-corrected chi connectivity index (χ2v) is 4.59. The summed E-state index contributed by atoms with van der Waals surface area (Å²) in [5.74, 6) is -1.74. The van der Waals surface area contributed by atoms with Crippen molar-refractivity contribution in [2.24, 2.45) is 17.3 Å². The zero-order chi connectivity index (χ0) is 12.5. The van der Waals surface area contributed by atoms with Crippen LogP contribution in [0.15, 0.2) is 12.7 Å². The van der Waals surface area contributed by atoms with Crippen LogP contribution in [0.25, 0.3) is 0 Å². The largest absolute Gasteiger partial charge is 0.481 e. The van der Waals surface area contributed by atoms with Gasteiger partial charge in [0.25, 0.3) is 6.43 Å². The fourth-order valence-electron chi connectivity index (χ4n) is 2.26. The first-order valence-corrected chi connectivity index (χ1v) is 5.07. The molecule has 0 bridgehead atoms. The molecule has 1 fully saturated rings. The number of hydrogen-bond donors (Lipinski definition) is 1. The summed E-state index contributed by atoms with van der Waals surface area (Å²) in [5.41, 5.74) is -0.424. The van der Waals surface area contributed by atoms with Gasteiger partial charge in [0, 0.05) is 5.92 Å². The quantitative estimate of drug-likeness (QED) is 0.716. The van der Waals surface area contributed by atoms with E-state index in [4.69, 9.17) is 9.84 Å². The number of rotatable bonds is 6. The van der Waals surface area contributed by atoms with Crippen molar-refractivity contribution >= 4 is 5.97 Å². The second-order valence-electron chi connectivity index (χ2n) is 4.59. The molecular weight excluding hydrogens is 218 g/mol. The fraction of sp³-hybridized carbons (Fsp3) is 0.727. The van der Waals surface area contributed by atoms with Gasteiger partial charge in [-0.2, -0.15) is 0 Å². The van der Waals surface area contributed by atoms with Crippen LogP contribution in [0.4, 0.5) is 8.78 Å². The average Bonchev–Trinajstić information content (AvgIpc) is 2.70. The SMILES string of the molecule is C=CC(OCC(F)F)C1C(C(=O)O)C1(C)C. The van der Waals surface area contributed by atoms with E-state index in [1.165, 1.54) is 6.08 Å². The highest BCUT2D eigenvalue weighted by Gasteiger charge is 2.64. The predicted octanol–water partition coefficient (Wildman–Crippen LogP) is 2.18. The third-order valence-electron chi connectivity index (χ3n) is 3.18. The highest BCUT2D eigenvalue weighted by molar-refractivity contribution is 5.75. The van der Waals surface area contributed by atoms with Gasteiger partial charge in [0.1, 0.15) is 6.61 Å². The third-order valence-corrected chi connectivity index (χ3v) is 3.18. The molecule has 16 heavy (non-hydrogen) atoms. The molecule has 0 spiro atoms. The summed E-state index contributed by atoms with van der Waals surface area (Å²) in [4.78, 5) is 10.9. The van der Waals surface area contributed by atoms with Gasteiger partial charge in [0.05, 0.1) is 12.0 Å². The van der Waals surface area contributed by atoms with Gasteiger partial charge in [-0.3, -0.25) is 4.79 Å². The van der Waals surface area contributed by atoms with Crippen molar-refractivity contribution in [2.45, 2.75) is 26.4 Å². The van der Waals surface area contributed by atoms with Gasteiger partial charge in [0.2, 0.25) is 0 Å². The minimum Gasteiger partial charge on any atom is -0.481 e. The van der Waals surface area contributed by atoms with Gasteiger partial charge in [0.15, 0.2) is 0 Å². The first-order valence-electron chi connectivity index (χ1n) is 5.07. The molecule has 3 nitrogen and oxygen atoms in total. The minimum absolute atomic E-state index is 0.277. The number of halogens is 2. The maximum Gasteiger partial charge on any atom is 0.307 e. The van der Waals surface area contributed by atoms with Gasteiger partial charge in [-0.25, -0.2) is 8.78 Å². The van der Waals surface area contributed by atoms with Gasteiger partial charge in [-0.05, 0) is 5.41 Å². The summed E-state index contributed by atoms with van der Waals surface area (Å²) in [6, 6.07) is 0. The molecule has 1 aliphatic rings. The topological polar surface area (TPSA) is 46.5 Å². The van der Waals surface area contributed by atoms with Gasteiger partial charge < -0.3 is 9.84 Å². The smallest absolute Gasteiger partial charge is 0.307 e. The lowest BCUT2D eigenvalue weighted by Crippen LogP contribution is -2.20. The lowest BCUT2D eigenvalue weighted by molar-refractivity contribution is -0.139. The van der Waals surface area contributed by atoms with Crippen molar-refractivity contribution in [1.82, 2.24) is 0 Å². The van der Waals surface area contributed by atoms with E-state index < -0.39 is 36.4 Å². The van der Waals surface area contributed by atoms with Crippen LogP contribution >= 0.6 is 0 Å². The molecule has 0 amide bonds. The van der Waals surface area contributed by atoms with Crippen LogP contribution < -0.4 is 0 Å². The maximum absolute atomic E-state index is 12.0. The van der Waals surface area contributed by atoms with E-state index in [9.17, 15) is 13.6 Å². The molecule has 0 radical (unpaired) electrons. The molecule has 0 aromatic carbocycles. The molecular formula is C11H16F2O3. The van der Waals surface area contributed by atoms with Crippen LogP contribution in [-0.2, 0) is 9.53 Å². The van der Waals surface area contributed by atoms with Crippen molar-refractivity contribution in [2.75, 3.05) is 6.61 Å². The lowest BCUT2D eigenvalue weighted by Gasteiger charge is -2.14. The van der Waals surface area contributed by atoms with Crippen molar-refractivity contribution < 1.29 is 23.4 Å². The Labute approximate surface area is 93.1 Å². The van der Waals surface area contributed by atoms with E-state index >= 15 is 0 Å². The fourth-order valence-corrected chi connectivity index (χ4v) is 2.26. The average molecular weight is 234 g/mol. The summed E-state index contributed by atoms with van der Waals surface area (Å²) < 4.78 is 28.9. The third kappa shape index (κ3) is 2.40. The Morgan fingerprint density at radius 3 is 2.50 bits per heavy atom. The molecule has 5 heteroatoms. The second kappa shape index (κ2) is 4.49. The Morgan fingerprint density at radius 2 is 2.19 bits per heavy atom. The molecule has 3 unspecified atom stereocenters. The normalized spacial score (nSPS) is 28.8. The first kappa shape index (κ1) is 13.1. The molecule has 1 saturated carbocycles. The molecule has 0 aromatic rings. The monoisotopic (exact) mass is 234 g/mol. The number of carbonyl (C=O) groups is 1. The Kier molecular flexibility index (Phi) is 3.68. The highest BCUT2D eigenvalue weighted by atomic mass is 19.3. The van der Waals surface area contributed by atoms with E-state index in [0.29, 0.717) is 0 Å². The van der Waals surface area contributed by atoms with Gasteiger partial charge >= 0.3 is 5.97 Å². The maximum atomic E-state index is 12.0. The molecule has 0 aliphatic heterocycles. The predicted molar refractivity (Wildman–Crippen MR) is 54.3 cm³/mol. The number of carboxylic acids is 1. The van der Waals surface area contributed by atoms with Crippen LogP contribution in [0.5, 0.6) is 0 Å². The van der Waals surface area contributed by atoms with Crippen LogP contribution in [0.3, 0.4) is 0 Å². The van der Waals surface area contributed by atoms with Gasteiger partial charge in [-0.1, -0.05) is 19.9 Å². The molecule has 3 atom stereocenters. The lowest BCUT2D eigenvalue weighted by atomic mass is 10.1. The summed E-state index contributed by atoms with van der Waals surface area (Å²) in [6.07, 6.45) is -1.77. The number of aliphatic carboxylic acids is 1. The summed E-state index contributed by atoms with van der Waals surface area (Å²) in [5, 5.41) is 8.94. The molecule has 1 rings (SSSR count). The van der Waals surface area contributed by atoms with E-state index in [1.807, 2.05) is 0 Å². The standard InChI is InChI=1S/C11H16F2O3/c1-4-6(16-5-7(12)13)8-9(10(14)15)11(8,2)3/h4,6-9H,1,5H2,2-3H3,(H,14,15). The molecule has 1 N–H and O–H groups in total. The van der Waals surface area contributed by atoms with E-state index in [0.717, 1.165) is 0 Å². The number of carboxylic acid groups (broad SMARTS) is 1. The zero-order valence-electron chi connectivity index (χ0n) is 9.32. The van der Waals surface area contributed by atoms with E-state index in [1.54, 1.807) is 13.8 Å². The first-order chi connectivity index (χ1) is 7.32. The molecule has 0 heterocycles. The summed E-state index contributed by atoms with van der Waals surface area (Å²) >= 11 is 0. The molecule has 1 aliphatic carbocycles. The molecule has 0 aromatic heterocycles. The Morgan fingerprint density at radius 1 is 1.62 bits per heavy atom. The summed E-state index contributed by atoms with van der Waals surface area (Å²) in [6.45, 7) is 6.39. The number of alkyl halides is 2. The van der Waals surface area contributed by atoms with Crippen molar-refractivity contribution in [1.29, 1.82) is 0 Å². The number of ether oxygens (including phenoxy) is 1. The Bertz CT molecular complexity index is 289. The Balaban J connectivity index is 2.62. The van der Waals surface area contributed by atoms with E-state index in [-0.39, 0.29) is 5.92 Å². The molecule has 0 saturated heterocycles. The van der Waals surface area contributed by atoms with Crippen molar-refractivity contribution in [3.05, 3.63) is 12.7 Å². The zero-order valence-corrected chi connectivity index (χ0v) is 9.32. The Hall–Kier alpha value is -0.970.